The minimum Gasteiger partial charge on any atom is -0.465 e. The Bertz CT molecular complexity index is 1230. The lowest BCUT2D eigenvalue weighted by Gasteiger charge is -2.29. The number of nitrogens with zero attached hydrogens (tertiary/aromatic N) is 2. The van der Waals surface area contributed by atoms with Crippen molar-refractivity contribution in [2.24, 2.45) is 12.8 Å². The van der Waals surface area contributed by atoms with Crippen LogP contribution in [0.2, 0.25) is 0 Å². The van der Waals surface area contributed by atoms with Gasteiger partial charge < -0.3 is 20.4 Å². The molecule has 4 rings (SSSR count). The van der Waals surface area contributed by atoms with Crippen molar-refractivity contribution in [3.8, 4) is 0 Å². The standard InChI is InChI=1S/C27H33N5O3.ClH/c1-3-35-25(33)17-30-27(34)32(21-6-4-5-7-21)22-12-13-24-20(15-22)16-23(31(24)2)14-18-8-10-19(11-9-18)26(28)29;/h8-13,15-16,21H,3-7,14,17H2,1-2H3,(H3,28,29)(H,30,34);1H. The fourth-order valence-electron chi connectivity index (χ4n) is 4.83. The number of esters is 1. The third-order valence-corrected chi connectivity index (χ3v) is 6.65. The number of nitrogens with two attached hydrogens (primary N) is 1. The van der Waals surface area contributed by atoms with Crippen LogP contribution in [-0.4, -0.2) is 41.6 Å². The van der Waals surface area contributed by atoms with Crippen molar-refractivity contribution in [3.05, 3.63) is 65.4 Å². The van der Waals surface area contributed by atoms with Crippen LogP contribution in [0, 0.1) is 5.41 Å². The Morgan fingerprint density at radius 1 is 1.14 bits per heavy atom. The number of aryl methyl sites for hydroxylation is 1. The van der Waals surface area contributed by atoms with Gasteiger partial charge in [0.1, 0.15) is 12.4 Å². The molecular formula is C27H34ClN5O3. The van der Waals surface area contributed by atoms with Gasteiger partial charge in [-0.15, -0.1) is 12.4 Å². The van der Waals surface area contributed by atoms with Gasteiger partial charge in [0, 0.05) is 47.4 Å². The lowest BCUT2D eigenvalue weighted by molar-refractivity contribution is -0.141. The molecule has 1 aliphatic rings. The number of amidine groups is 1. The summed E-state index contributed by atoms with van der Waals surface area (Å²) in [7, 11) is 2.04. The van der Waals surface area contributed by atoms with Crippen molar-refractivity contribution in [2.45, 2.75) is 45.1 Å². The average molecular weight is 512 g/mol. The number of aromatic nitrogens is 1. The molecule has 36 heavy (non-hydrogen) atoms. The molecule has 0 spiro atoms. The first kappa shape index (κ1) is 27.1. The lowest BCUT2D eigenvalue weighted by atomic mass is 10.1. The number of anilines is 1. The number of urea groups is 1. The first-order valence-electron chi connectivity index (χ1n) is 12.1. The number of hydrogen-bond donors (Lipinski definition) is 3. The van der Waals surface area contributed by atoms with E-state index in [1.807, 2.05) is 43.4 Å². The van der Waals surface area contributed by atoms with Gasteiger partial charge in [-0.1, -0.05) is 37.1 Å². The second kappa shape index (κ2) is 11.9. The fraction of sp³-hybridized carbons (Fsp3) is 0.370. The molecule has 0 bridgehead atoms. The number of nitrogens with one attached hydrogen (secondary N) is 2. The van der Waals surface area contributed by atoms with E-state index in [0.717, 1.165) is 60.0 Å². The Morgan fingerprint density at radius 2 is 1.83 bits per heavy atom. The number of amides is 2. The quantitative estimate of drug-likeness (QED) is 0.235. The molecule has 9 heteroatoms. The third kappa shape index (κ3) is 5.99. The summed E-state index contributed by atoms with van der Waals surface area (Å²) in [6, 6.07) is 15.8. The number of halogens is 1. The van der Waals surface area contributed by atoms with Gasteiger partial charge in [0.25, 0.3) is 0 Å². The molecule has 0 atom stereocenters. The number of carbonyl (C=O) groups excluding carboxylic acids is 2. The number of benzene rings is 2. The van der Waals surface area contributed by atoms with Gasteiger partial charge in [0.2, 0.25) is 0 Å². The summed E-state index contributed by atoms with van der Waals surface area (Å²) in [5.41, 5.74) is 10.5. The second-order valence-electron chi connectivity index (χ2n) is 9.00. The smallest absolute Gasteiger partial charge is 0.325 e. The summed E-state index contributed by atoms with van der Waals surface area (Å²) in [6.07, 6.45) is 4.81. The first-order chi connectivity index (χ1) is 16.9. The largest absolute Gasteiger partial charge is 0.465 e. The molecule has 1 saturated carbocycles. The molecule has 1 aliphatic carbocycles. The summed E-state index contributed by atoms with van der Waals surface area (Å²) in [4.78, 5) is 26.7. The topological polar surface area (TPSA) is 113 Å². The highest BCUT2D eigenvalue weighted by atomic mass is 35.5. The van der Waals surface area contributed by atoms with E-state index in [2.05, 4.69) is 22.0 Å². The van der Waals surface area contributed by atoms with Crippen molar-refractivity contribution < 1.29 is 14.3 Å². The first-order valence-corrected chi connectivity index (χ1v) is 12.1. The van der Waals surface area contributed by atoms with Gasteiger partial charge in [0.05, 0.1) is 6.61 Å². The van der Waals surface area contributed by atoms with E-state index in [0.29, 0.717) is 5.56 Å². The molecule has 192 valence electrons. The Kier molecular flexibility index (Phi) is 8.98. The van der Waals surface area contributed by atoms with Gasteiger partial charge in [-0.25, -0.2) is 4.79 Å². The Morgan fingerprint density at radius 3 is 2.47 bits per heavy atom. The Balaban J connectivity index is 0.00000361. The minimum absolute atomic E-state index is 0. The lowest BCUT2D eigenvalue weighted by Crippen LogP contribution is -2.47. The maximum absolute atomic E-state index is 13.1. The van der Waals surface area contributed by atoms with Gasteiger partial charge in [-0.05, 0) is 49.6 Å². The molecule has 0 radical (unpaired) electrons. The summed E-state index contributed by atoms with van der Waals surface area (Å²) in [6.45, 7) is 1.89. The maximum Gasteiger partial charge on any atom is 0.325 e. The molecule has 0 unspecified atom stereocenters. The normalized spacial score (nSPS) is 13.3. The highest BCUT2D eigenvalue weighted by Crippen LogP contribution is 2.32. The minimum atomic E-state index is -0.438. The number of ether oxygens (including phenoxy) is 1. The van der Waals surface area contributed by atoms with E-state index in [1.165, 1.54) is 0 Å². The van der Waals surface area contributed by atoms with E-state index < -0.39 is 5.97 Å². The summed E-state index contributed by atoms with van der Waals surface area (Å²) in [5, 5.41) is 11.4. The van der Waals surface area contributed by atoms with Crippen LogP contribution < -0.4 is 16.0 Å². The second-order valence-corrected chi connectivity index (χ2v) is 9.00. The summed E-state index contributed by atoms with van der Waals surface area (Å²) >= 11 is 0. The average Bonchev–Trinajstić information content (AvgIpc) is 3.47. The zero-order valence-corrected chi connectivity index (χ0v) is 21.6. The number of carbonyl (C=O) groups is 2. The molecule has 0 saturated heterocycles. The third-order valence-electron chi connectivity index (χ3n) is 6.65. The predicted molar refractivity (Wildman–Crippen MR) is 145 cm³/mol. The Labute approximate surface area is 217 Å². The van der Waals surface area contributed by atoms with Crippen LogP contribution in [0.15, 0.2) is 48.5 Å². The zero-order chi connectivity index (χ0) is 24.9. The highest BCUT2D eigenvalue weighted by Gasteiger charge is 2.28. The number of fused-ring (bicyclic) bond motifs is 1. The highest BCUT2D eigenvalue weighted by molar-refractivity contribution is 5.97. The maximum atomic E-state index is 13.1. The van der Waals surface area contributed by atoms with E-state index in [-0.39, 0.29) is 43.5 Å². The van der Waals surface area contributed by atoms with Crippen LogP contribution in [0.3, 0.4) is 0 Å². The fourth-order valence-corrected chi connectivity index (χ4v) is 4.83. The molecular weight excluding hydrogens is 478 g/mol. The van der Waals surface area contributed by atoms with Crippen LogP contribution >= 0.6 is 12.4 Å². The number of hydrogen-bond acceptors (Lipinski definition) is 4. The van der Waals surface area contributed by atoms with E-state index in [4.69, 9.17) is 15.9 Å². The molecule has 8 nitrogen and oxygen atoms in total. The molecule has 1 aromatic heterocycles. The van der Waals surface area contributed by atoms with Crippen LogP contribution in [-0.2, 0) is 23.0 Å². The van der Waals surface area contributed by atoms with Gasteiger partial charge in [0.15, 0.2) is 0 Å². The van der Waals surface area contributed by atoms with Crippen LogP contribution in [0.4, 0.5) is 10.5 Å². The van der Waals surface area contributed by atoms with E-state index >= 15 is 0 Å². The van der Waals surface area contributed by atoms with Crippen molar-refractivity contribution in [2.75, 3.05) is 18.1 Å². The summed E-state index contributed by atoms with van der Waals surface area (Å²) < 4.78 is 7.12. The number of rotatable bonds is 8. The van der Waals surface area contributed by atoms with Crippen molar-refractivity contribution in [1.82, 2.24) is 9.88 Å². The van der Waals surface area contributed by atoms with Gasteiger partial charge >= 0.3 is 12.0 Å². The van der Waals surface area contributed by atoms with E-state index in [1.54, 1.807) is 11.8 Å². The van der Waals surface area contributed by atoms with E-state index in [9.17, 15) is 9.59 Å². The van der Waals surface area contributed by atoms with Crippen molar-refractivity contribution in [3.63, 3.8) is 0 Å². The predicted octanol–water partition coefficient (Wildman–Crippen LogP) is 4.50. The molecule has 0 aliphatic heterocycles. The molecule has 4 N–H and O–H groups in total. The zero-order valence-electron chi connectivity index (χ0n) is 20.8. The Hall–Kier alpha value is -3.52. The van der Waals surface area contributed by atoms with Crippen LogP contribution in [0.1, 0.15) is 49.4 Å². The van der Waals surface area contributed by atoms with Crippen molar-refractivity contribution in [1.29, 1.82) is 5.41 Å². The molecule has 1 fully saturated rings. The molecule has 2 amide bonds. The van der Waals surface area contributed by atoms with Gasteiger partial charge in [-0.2, -0.15) is 0 Å². The molecule has 1 heterocycles. The van der Waals surface area contributed by atoms with Crippen molar-refractivity contribution >= 4 is 46.8 Å². The van der Waals surface area contributed by atoms with Crippen LogP contribution in [0.25, 0.3) is 10.9 Å². The van der Waals surface area contributed by atoms with Crippen LogP contribution in [0.5, 0.6) is 0 Å². The molecule has 2 aromatic carbocycles. The SMILES string of the molecule is CCOC(=O)CNC(=O)N(c1ccc2c(c1)cc(Cc1ccc(C(=N)N)cc1)n2C)C1CCCC1.Cl. The molecule has 3 aromatic rings. The number of nitrogen functional groups attached to an aromatic ring is 1. The summed E-state index contributed by atoms with van der Waals surface area (Å²) in [5.74, 6) is -0.376. The van der Waals surface area contributed by atoms with Gasteiger partial charge in [-0.3, -0.25) is 15.1 Å². The monoisotopic (exact) mass is 511 g/mol.